The molecule has 2 aliphatic rings. The first-order valence-corrected chi connectivity index (χ1v) is 7.77. The predicted octanol–water partition coefficient (Wildman–Crippen LogP) is 0.687. The summed E-state index contributed by atoms with van der Waals surface area (Å²) in [5, 5.41) is 0. The SMILES string of the molecule is CCN(CC)C(=O)CN(C)C(=O)[C@@H]1[C@H]2CC[C@@H](C2)[C@@H]1N. The van der Waals surface area contributed by atoms with Crippen LogP contribution in [0.1, 0.15) is 33.1 Å². The van der Waals surface area contributed by atoms with Crippen LogP contribution < -0.4 is 5.73 Å². The maximum Gasteiger partial charge on any atom is 0.242 e. The van der Waals surface area contributed by atoms with Crippen LogP contribution in [0.2, 0.25) is 0 Å². The van der Waals surface area contributed by atoms with Gasteiger partial charge < -0.3 is 15.5 Å². The molecular formula is C15H27N3O2. The van der Waals surface area contributed by atoms with Gasteiger partial charge in [-0.15, -0.1) is 0 Å². The number of hydrogen-bond acceptors (Lipinski definition) is 3. The molecule has 0 unspecified atom stereocenters. The first-order valence-electron chi connectivity index (χ1n) is 7.77. The van der Waals surface area contributed by atoms with Gasteiger partial charge in [-0.05, 0) is 44.9 Å². The lowest BCUT2D eigenvalue weighted by molar-refractivity contribution is -0.143. The number of likely N-dealkylation sites (N-methyl/N-ethyl adjacent to an activating group) is 2. The monoisotopic (exact) mass is 281 g/mol. The van der Waals surface area contributed by atoms with E-state index in [0.29, 0.717) is 24.9 Å². The van der Waals surface area contributed by atoms with Gasteiger partial charge in [0.1, 0.15) is 0 Å². The van der Waals surface area contributed by atoms with E-state index in [1.165, 1.54) is 0 Å². The lowest BCUT2D eigenvalue weighted by Gasteiger charge is -2.31. The van der Waals surface area contributed by atoms with Crippen LogP contribution in [0, 0.1) is 17.8 Å². The summed E-state index contributed by atoms with van der Waals surface area (Å²) in [4.78, 5) is 28.0. The van der Waals surface area contributed by atoms with Crippen molar-refractivity contribution >= 4 is 11.8 Å². The average molecular weight is 281 g/mol. The molecule has 4 atom stereocenters. The third-order valence-electron chi connectivity index (χ3n) is 5.13. The highest BCUT2D eigenvalue weighted by Crippen LogP contribution is 2.48. The molecule has 20 heavy (non-hydrogen) atoms. The minimum Gasteiger partial charge on any atom is -0.342 e. The smallest absolute Gasteiger partial charge is 0.242 e. The Bertz CT molecular complexity index is 379. The van der Waals surface area contributed by atoms with Crippen molar-refractivity contribution in [3.8, 4) is 0 Å². The van der Waals surface area contributed by atoms with Crippen molar-refractivity contribution in [2.45, 2.75) is 39.2 Å². The number of fused-ring (bicyclic) bond motifs is 2. The van der Waals surface area contributed by atoms with Crippen molar-refractivity contribution < 1.29 is 9.59 Å². The number of nitrogens with zero attached hydrogens (tertiary/aromatic N) is 2. The quantitative estimate of drug-likeness (QED) is 0.806. The first-order chi connectivity index (χ1) is 9.49. The second kappa shape index (κ2) is 6.12. The zero-order chi connectivity index (χ0) is 14.9. The van der Waals surface area contributed by atoms with Gasteiger partial charge in [-0.3, -0.25) is 9.59 Å². The molecule has 0 saturated heterocycles. The molecule has 5 heteroatoms. The fraction of sp³-hybridized carbons (Fsp3) is 0.867. The molecule has 0 heterocycles. The van der Waals surface area contributed by atoms with Gasteiger partial charge in [0.05, 0.1) is 12.5 Å². The number of amides is 2. The summed E-state index contributed by atoms with van der Waals surface area (Å²) in [5.41, 5.74) is 6.20. The lowest BCUT2D eigenvalue weighted by Crippen LogP contribution is -2.48. The number of carbonyl (C=O) groups excluding carboxylic acids is 2. The van der Waals surface area contributed by atoms with Crippen LogP contribution in [-0.2, 0) is 9.59 Å². The summed E-state index contributed by atoms with van der Waals surface area (Å²) in [7, 11) is 1.72. The Kier molecular flexibility index (Phi) is 4.68. The Labute approximate surface area is 121 Å². The Morgan fingerprint density at radius 3 is 2.25 bits per heavy atom. The third-order valence-corrected chi connectivity index (χ3v) is 5.13. The van der Waals surface area contributed by atoms with Gasteiger partial charge in [0.2, 0.25) is 11.8 Å². The van der Waals surface area contributed by atoms with Crippen molar-refractivity contribution in [3.05, 3.63) is 0 Å². The van der Waals surface area contributed by atoms with Crippen molar-refractivity contribution in [3.63, 3.8) is 0 Å². The highest BCUT2D eigenvalue weighted by molar-refractivity contribution is 5.86. The zero-order valence-corrected chi connectivity index (χ0v) is 12.8. The maximum absolute atomic E-state index is 12.6. The molecule has 2 aliphatic carbocycles. The van der Waals surface area contributed by atoms with Crippen LogP contribution in [0.4, 0.5) is 0 Å². The lowest BCUT2D eigenvalue weighted by atomic mass is 9.84. The Hall–Kier alpha value is -1.10. The molecule has 0 aliphatic heterocycles. The third kappa shape index (κ3) is 2.68. The molecule has 2 N–H and O–H groups in total. The predicted molar refractivity (Wildman–Crippen MR) is 77.9 cm³/mol. The Morgan fingerprint density at radius 2 is 1.75 bits per heavy atom. The van der Waals surface area contributed by atoms with Crippen LogP contribution in [0.3, 0.4) is 0 Å². The van der Waals surface area contributed by atoms with Gasteiger partial charge in [-0.25, -0.2) is 0 Å². The fourth-order valence-corrected chi connectivity index (χ4v) is 3.91. The molecule has 2 rings (SSSR count). The van der Waals surface area contributed by atoms with Crippen LogP contribution in [0.15, 0.2) is 0 Å². The Balaban J connectivity index is 1.94. The van der Waals surface area contributed by atoms with E-state index in [1.807, 2.05) is 13.8 Å². The van der Waals surface area contributed by atoms with E-state index >= 15 is 0 Å². The van der Waals surface area contributed by atoms with E-state index in [2.05, 4.69) is 0 Å². The van der Waals surface area contributed by atoms with Crippen LogP contribution >= 0.6 is 0 Å². The second-order valence-corrected chi connectivity index (χ2v) is 6.20. The molecule has 114 valence electrons. The number of carbonyl (C=O) groups is 2. The van der Waals surface area contributed by atoms with Gasteiger partial charge in [0.15, 0.2) is 0 Å². The molecular weight excluding hydrogens is 254 g/mol. The van der Waals surface area contributed by atoms with Gasteiger partial charge in [-0.1, -0.05) is 0 Å². The minimum absolute atomic E-state index is 0.00717. The standard InChI is InChI=1S/C15H27N3O2/c1-4-18(5-2)12(19)9-17(3)15(20)13-10-6-7-11(8-10)14(13)16/h10-11,13-14H,4-9,16H2,1-3H3/t10-,11-,13+,14-/m0/s1. The van der Waals surface area contributed by atoms with E-state index in [4.69, 9.17) is 5.73 Å². The summed E-state index contributed by atoms with van der Waals surface area (Å²) in [6.45, 7) is 5.45. The van der Waals surface area contributed by atoms with Gasteiger partial charge in [0, 0.05) is 26.2 Å². The van der Waals surface area contributed by atoms with E-state index in [-0.39, 0.29) is 30.3 Å². The highest BCUT2D eigenvalue weighted by atomic mass is 16.2. The number of hydrogen-bond donors (Lipinski definition) is 1. The molecule has 2 amide bonds. The van der Waals surface area contributed by atoms with Gasteiger partial charge in [0.25, 0.3) is 0 Å². The largest absolute Gasteiger partial charge is 0.342 e. The Morgan fingerprint density at radius 1 is 1.15 bits per heavy atom. The van der Waals surface area contributed by atoms with E-state index in [9.17, 15) is 9.59 Å². The fourth-order valence-electron chi connectivity index (χ4n) is 3.91. The van der Waals surface area contributed by atoms with Gasteiger partial charge in [-0.2, -0.15) is 0 Å². The summed E-state index contributed by atoms with van der Waals surface area (Å²) in [6.07, 6.45) is 3.37. The van der Waals surface area contributed by atoms with E-state index in [1.54, 1.807) is 16.8 Å². The molecule has 0 aromatic rings. The molecule has 0 aromatic carbocycles. The average Bonchev–Trinajstić information content (AvgIpc) is 3.00. The summed E-state index contributed by atoms with van der Waals surface area (Å²) < 4.78 is 0. The molecule has 2 bridgehead atoms. The minimum atomic E-state index is -0.0664. The molecule has 2 saturated carbocycles. The first kappa shape index (κ1) is 15.3. The van der Waals surface area contributed by atoms with Crippen LogP contribution in [0.25, 0.3) is 0 Å². The molecule has 0 aromatic heterocycles. The zero-order valence-electron chi connectivity index (χ0n) is 12.8. The number of nitrogens with two attached hydrogens (primary N) is 1. The van der Waals surface area contributed by atoms with Crippen molar-refractivity contribution in [1.82, 2.24) is 9.80 Å². The topological polar surface area (TPSA) is 66.6 Å². The number of rotatable bonds is 5. The molecule has 0 radical (unpaired) electrons. The van der Waals surface area contributed by atoms with Gasteiger partial charge >= 0.3 is 0 Å². The molecule has 0 spiro atoms. The normalized spacial score (nSPS) is 31.4. The maximum atomic E-state index is 12.6. The second-order valence-electron chi connectivity index (χ2n) is 6.20. The molecule has 2 fully saturated rings. The van der Waals surface area contributed by atoms with E-state index < -0.39 is 0 Å². The van der Waals surface area contributed by atoms with Crippen molar-refractivity contribution in [1.29, 1.82) is 0 Å². The summed E-state index contributed by atoms with van der Waals surface area (Å²) in [5.74, 6) is 0.963. The van der Waals surface area contributed by atoms with Crippen LogP contribution in [-0.4, -0.2) is 54.3 Å². The highest BCUT2D eigenvalue weighted by Gasteiger charge is 2.49. The summed E-state index contributed by atoms with van der Waals surface area (Å²) >= 11 is 0. The van der Waals surface area contributed by atoms with Crippen LogP contribution in [0.5, 0.6) is 0 Å². The van der Waals surface area contributed by atoms with E-state index in [0.717, 1.165) is 19.3 Å². The molecule has 5 nitrogen and oxygen atoms in total. The van der Waals surface area contributed by atoms with Crippen molar-refractivity contribution in [2.75, 3.05) is 26.7 Å². The van der Waals surface area contributed by atoms with Crippen molar-refractivity contribution in [2.24, 2.45) is 23.5 Å². The summed E-state index contributed by atoms with van der Waals surface area (Å²) in [6, 6.07) is -0.00717.